The van der Waals surface area contributed by atoms with Gasteiger partial charge in [-0.15, -0.1) is 0 Å². The molecule has 0 spiro atoms. The molecule has 2 fully saturated rings. The van der Waals surface area contributed by atoms with Crippen LogP contribution in [0.15, 0.2) is 11.6 Å². The van der Waals surface area contributed by atoms with E-state index in [0.717, 1.165) is 51.5 Å². The highest BCUT2D eigenvalue weighted by atomic mass is 16.3. The molecule has 2 aliphatic rings. The smallest absolute Gasteiger partial charge is 0.0744 e. The average molecular weight is 410 g/mol. The van der Waals surface area contributed by atoms with Gasteiger partial charge in [0.15, 0.2) is 0 Å². The lowest BCUT2D eigenvalue weighted by atomic mass is 9.76. The van der Waals surface area contributed by atoms with Crippen LogP contribution in [0.4, 0.5) is 0 Å². The standard InChI is InChI=1S/C25H47NO3/c1-4-19(16-18-27)23(20-9-6-5-7-10-20)11-8-17-26-25(2,3)24(29)21-12-14-22(28)15-13-21/h11,19-22,24,26-29H,4-10,12-18H2,1-3H3/b23-11+. The van der Waals surface area contributed by atoms with E-state index in [0.29, 0.717) is 11.8 Å². The van der Waals surface area contributed by atoms with Crippen molar-refractivity contribution in [2.75, 3.05) is 13.2 Å². The van der Waals surface area contributed by atoms with Crippen molar-refractivity contribution in [1.29, 1.82) is 0 Å². The first kappa shape index (κ1) is 24.8. The van der Waals surface area contributed by atoms with E-state index in [1.54, 1.807) is 5.57 Å². The maximum absolute atomic E-state index is 10.9. The number of allylic oxidation sites excluding steroid dienone is 1. The fourth-order valence-corrected chi connectivity index (χ4v) is 5.61. The van der Waals surface area contributed by atoms with Gasteiger partial charge in [-0.3, -0.25) is 0 Å². The predicted octanol–water partition coefficient (Wildman–Crippen LogP) is 4.57. The Hall–Kier alpha value is -0.420. The zero-order valence-corrected chi connectivity index (χ0v) is 19.2. The molecule has 0 aromatic rings. The van der Waals surface area contributed by atoms with Crippen molar-refractivity contribution >= 4 is 0 Å². The summed E-state index contributed by atoms with van der Waals surface area (Å²) >= 11 is 0. The summed E-state index contributed by atoms with van der Waals surface area (Å²) in [6.07, 6.45) is 15.0. The van der Waals surface area contributed by atoms with Gasteiger partial charge < -0.3 is 20.6 Å². The van der Waals surface area contributed by atoms with Crippen LogP contribution in [-0.4, -0.2) is 46.2 Å². The predicted molar refractivity (Wildman–Crippen MR) is 121 cm³/mol. The van der Waals surface area contributed by atoms with E-state index in [1.165, 1.54) is 32.1 Å². The van der Waals surface area contributed by atoms with Crippen LogP contribution in [0, 0.1) is 17.8 Å². The van der Waals surface area contributed by atoms with Crippen molar-refractivity contribution in [2.45, 2.75) is 116 Å². The van der Waals surface area contributed by atoms with E-state index in [4.69, 9.17) is 0 Å². The van der Waals surface area contributed by atoms with Gasteiger partial charge >= 0.3 is 0 Å². The molecule has 4 nitrogen and oxygen atoms in total. The molecule has 4 heteroatoms. The molecule has 0 bridgehead atoms. The van der Waals surface area contributed by atoms with Crippen LogP contribution in [0.3, 0.4) is 0 Å². The van der Waals surface area contributed by atoms with Gasteiger partial charge in [-0.05, 0) is 95.9 Å². The van der Waals surface area contributed by atoms with E-state index < -0.39 is 0 Å². The Bertz CT molecular complexity index is 470. The number of aliphatic hydroxyl groups is 3. The van der Waals surface area contributed by atoms with E-state index >= 15 is 0 Å². The molecule has 29 heavy (non-hydrogen) atoms. The first-order valence-corrected chi connectivity index (χ1v) is 12.3. The van der Waals surface area contributed by atoms with Crippen LogP contribution in [0.1, 0.15) is 97.8 Å². The molecular formula is C25H47NO3. The summed E-state index contributed by atoms with van der Waals surface area (Å²) in [5.74, 6) is 1.49. The summed E-state index contributed by atoms with van der Waals surface area (Å²) in [5.41, 5.74) is 1.27. The van der Waals surface area contributed by atoms with Gasteiger partial charge in [-0.2, -0.15) is 0 Å². The van der Waals surface area contributed by atoms with E-state index in [2.05, 4.69) is 32.2 Å². The van der Waals surface area contributed by atoms with Crippen LogP contribution in [0.2, 0.25) is 0 Å². The largest absolute Gasteiger partial charge is 0.396 e. The molecule has 0 saturated heterocycles. The molecule has 0 amide bonds. The second kappa shape index (κ2) is 12.4. The third-order valence-electron chi connectivity index (χ3n) is 7.55. The van der Waals surface area contributed by atoms with Gasteiger partial charge in [0.2, 0.25) is 0 Å². The van der Waals surface area contributed by atoms with Crippen LogP contribution in [0.5, 0.6) is 0 Å². The Morgan fingerprint density at radius 2 is 1.72 bits per heavy atom. The van der Waals surface area contributed by atoms with Crippen molar-refractivity contribution in [2.24, 2.45) is 17.8 Å². The lowest BCUT2D eigenvalue weighted by Crippen LogP contribution is -2.53. The van der Waals surface area contributed by atoms with Crippen molar-refractivity contribution in [3.8, 4) is 0 Å². The molecule has 4 N–H and O–H groups in total. The quantitative estimate of drug-likeness (QED) is 0.298. The molecule has 2 unspecified atom stereocenters. The van der Waals surface area contributed by atoms with E-state index in [1.807, 2.05) is 0 Å². The second-order valence-corrected chi connectivity index (χ2v) is 10.1. The first-order chi connectivity index (χ1) is 13.9. The summed E-state index contributed by atoms with van der Waals surface area (Å²) in [4.78, 5) is 0. The molecule has 0 aromatic heterocycles. The lowest BCUT2D eigenvalue weighted by Gasteiger charge is -2.39. The molecule has 0 radical (unpaired) electrons. The fraction of sp³-hybridized carbons (Fsp3) is 0.920. The van der Waals surface area contributed by atoms with Gasteiger partial charge in [0.1, 0.15) is 0 Å². The Balaban J connectivity index is 1.91. The van der Waals surface area contributed by atoms with Crippen molar-refractivity contribution < 1.29 is 15.3 Å². The van der Waals surface area contributed by atoms with Crippen molar-refractivity contribution in [3.63, 3.8) is 0 Å². The summed E-state index contributed by atoms with van der Waals surface area (Å²) in [5, 5.41) is 33.8. The molecule has 2 aliphatic carbocycles. The van der Waals surface area contributed by atoms with Gasteiger partial charge in [0.05, 0.1) is 12.2 Å². The third-order valence-corrected chi connectivity index (χ3v) is 7.55. The summed E-state index contributed by atoms with van der Waals surface area (Å²) < 4.78 is 0. The summed E-state index contributed by atoms with van der Waals surface area (Å²) in [7, 11) is 0. The van der Waals surface area contributed by atoms with Crippen LogP contribution in [0.25, 0.3) is 0 Å². The van der Waals surface area contributed by atoms with Gasteiger partial charge in [-0.1, -0.05) is 37.8 Å². The zero-order chi connectivity index (χ0) is 21.3. The fourth-order valence-electron chi connectivity index (χ4n) is 5.61. The Kier molecular flexibility index (Phi) is 10.7. The first-order valence-electron chi connectivity index (χ1n) is 12.3. The summed E-state index contributed by atoms with van der Waals surface area (Å²) in [6, 6.07) is 0. The highest BCUT2D eigenvalue weighted by Crippen LogP contribution is 2.36. The van der Waals surface area contributed by atoms with Crippen molar-refractivity contribution in [3.05, 3.63) is 11.6 Å². The highest BCUT2D eigenvalue weighted by Gasteiger charge is 2.35. The number of aliphatic hydroxyl groups excluding tert-OH is 3. The molecule has 0 aromatic carbocycles. The van der Waals surface area contributed by atoms with Gasteiger partial charge in [0.25, 0.3) is 0 Å². The Labute approximate surface area is 179 Å². The van der Waals surface area contributed by atoms with Gasteiger partial charge in [-0.25, -0.2) is 0 Å². The molecule has 2 atom stereocenters. The Morgan fingerprint density at radius 3 is 2.31 bits per heavy atom. The number of hydrogen-bond acceptors (Lipinski definition) is 4. The molecular weight excluding hydrogens is 362 g/mol. The number of nitrogens with one attached hydrogen (secondary N) is 1. The number of rotatable bonds is 11. The monoisotopic (exact) mass is 409 g/mol. The minimum Gasteiger partial charge on any atom is -0.396 e. The SMILES string of the molecule is CCC(CCO)/C(=C\CCNC(C)(C)C(O)C1CCC(O)CC1)C1CCCCC1. The zero-order valence-electron chi connectivity index (χ0n) is 19.2. The maximum Gasteiger partial charge on any atom is 0.0744 e. The Morgan fingerprint density at radius 1 is 1.07 bits per heavy atom. The molecule has 0 aliphatic heterocycles. The lowest BCUT2D eigenvalue weighted by molar-refractivity contribution is -0.00517. The molecule has 0 heterocycles. The minimum atomic E-state index is -0.380. The highest BCUT2D eigenvalue weighted by molar-refractivity contribution is 5.12. The van der Waals surface area contributed by atoms with E-state index in [9.17, 15) is 15.3 Å². The molecule has 170 valence electrons. The molecule has 2 rings (SSSR count). The second-order valence-electron chi connectivity index (χ2n) is 10.1. The van der Waals surface area contributed by atoms with E-state index in [-0.39, 0.29) is 30.3 Å². The third kappa shape index (κ3) is 7.65. The topological polar surface area (TPSA) is 72.7 Å². The molecule has 2 saturated carbocycles. The van der Waals surface area contributed by atoms with Gasteiger partial charge in [0, 0.05) is 12.1 Å². The number of hydrogen-bond donors (Lipinski definition) is 4. The van der Waals surface area contributed by atoms with Crippen LogP contribution < -0.4 is 5.32 Å². The normalized spacial score (nSPS) is 27.0. The maximum atomic E-state index is 10.9. The minimum absolute atomic E-state index is 0.178. The van der Waals surface area contributed by atoms with Crippen LogP contribution in [-0.2, 0) is 0 Å². The average Bonchev–Trinajstić information content (AvgIpc) is 2.73. The van der Waals surface area contributed by atoms with Crippen molar-refractivity contribution in [1.82, 2.24) is 5.32 Å². The van der Waals surface area contributed by atoms with Crippen LogP contribution >= 0.6 is 0 Å². The summed E-state index contributed by atoms with van der Waals surface area (Å²) in [6.45, 7) is 7.60.